The SMILES string of the molecule is Cc1cc(C)cc(OCc2c(C(=O)Nc3cccc(F)c3)noc2C)c1. The molecule has 0 atom stereocenters. The first-order chi connectivity index (χ1) is 12.4. The molecule has 0 spiro atoms. The summed E-state index contributed by atoms with van der Waals surface area (Å²) in [6.07, 6.45) is 0. The molecule has 0 saturated heterocycles. The summed E-state index contributed by atoms with van der Waals surface area (Å²) in [5.74, 6) is 0.294. The molecule has 26 heavy (non-hydrogen) atoms. The third-order valence-corrected chi connectivity index (χ3v) is 3.86. The molecule has 0 aliphatic carbocycles. The number of carbonyl (C=O) groups is 1. The highest BCUT2D eigenvalue weighted by atomic mass is 19.1. The molecule has 1 aromatic heterocycles. The van der Waals surface area contributed by atoms with Crippen LogP contribution in [0.1, 0.15) is 32.9 Å². The highest BCUT2D eigenvalue weighted by Gasteiger charge is 2.20. The molecular weight excluding hydrogens is 335 g/mol. The summed E-state index contributed by atoms with van der Waals surface area (Å²) in [5, 5.41) is 6.43. The lowest BCUT2D eigenvalue weighted by molar-refractivity contribution is 0.101. The summed E-state index contributed by atoms with van der Waals surface area (Å²) in [6.45, 7) is 5.83. The van der Waals surface area contributed by atoms with E-state index in [1.54, 1.807) is 13.0 Å². The van der Waals surface area contributed by atoms with Crippen LogP contribution in [-0.4, -0.2) is 11.1 Å². The van der Waals surface area contributed by atoms with Gasteiger partial charge in [-0.15, -0.1) is 0 Å². The lowest BCUT2D eigenvalue weighted by Crippen LogP contribution is -2.15. The molecule has 0 saturated carbocycles. The van der Waals surface area contributed by atoms with Crippen LogP contribution >= 0.6 is 0 Å². The van der Waals surface area contributed by atoms with Gasteiger partial charge in [0.1, 0.15) is 23.9 Å². The van der Waals surface area contributed by atoms with Gasteiger partial charge in [0.15, 0.2) is 5.69 Å². The second kappa shape index (κ2) is 7.39. The minimum atomic E-state index is -0.480. The zero-order valence-corrected chi connectivity index (χ0v) is 14.8. The van der Waals surface area contributed by atoms with Crippen molar-refractivity contribution < 1.29 is 18.4 Å². The van der Waals surface area contributed by atoms with Crippen molar-refractivity contribution in [2.75, 3.05) is 5.32 Å². The molecule has 2 aromatic carbocycles. The van der Waals surface area contributed by atoms with Gasteiger partial charge in [0.2, 0.25) is 0 Å². The van der Waals surface area contributed by atoms with Crippen LogP contribution in [-0.2, 0) is 6.61 Å². The second-order valence-electron chi connectivity index (χ2n) is 6.14. The molecule has 0 aliphatic heterocycles. The molecule has 0 unspecified atom stereocenters. The van der Waals surface area contributed by atoms with Crippen molar-refractivity contribution in [3.05, 3.63) is 76.4 Å². The third-order valence-electron chi connectivity index (χ3n) is 3.86. The van der Waals surface area contributed by atoms with E-state index < -0.39 is 11.7 Å². The van der Waals surface area contributed by atoms with Gasteiger partial charge in [-0.2, -0.15) is 0 Å². The van der Waals surface area contributed by atoms with E-state index in [4.69, 9.17) is 9.26 Å². The zero-order chi connectivity index (χ0) is 18.7. The number of aromatic nitrogens is 1. The van der Waals surface area contributed by atoms with Crippen molar-refractivity contribution in [1.82, 2.24) is 5.16 Å². The monoisotopic (exact) mass is 354 g/mol. The normalized spacial score (nSPS) is 10.6. The Morgan fingerprint density at radius 2 is 1.88 bits per heavy atom. The number of rotatable bonds is 5. The number of carbonyl (C=O) groups excluding carboxylic acids is 1. The van der Waals surface area contributed by atoms with Crippen LogP contribution in [0, 0.1) is 26.6 Å². The lowest BCUT2D eigenvalue weighted by atomic mass is 10.1. The van der Waals surface area contributed by atoms with Crippen LogP contribution in [0.15, 0.2) is 47.0 Å². The molecule has 0 bridgehead atoms. The van der Waals surface area contributed by atoms with Gasteiger partial charge < -0.3 is 14.6 Å². The van der Waals surface area contributed by atoms with Crippen molar-refractivity contribution in [3.8, 4) is 5.75 Å². The van der Waals surface area contributed by atoms with Crippen LogP contribution in [0.25, 0.3) is 0 Å². The summed E-state index contributed by atoms with van der Waals surface area (Å²) >= 11 is 0. The van der Waals surface area contributed by atoms with Crippen LogP contribution in [0.2, 0.25) is 0 Å². The molecule has 1 amide bonds. The molecular formula is C20H19FN2O3. The van der Waals surface area contributed by atoms with Crippen LogP contribution in [0.5, 0.6) is 5.75 Å². The molecule has 3 rings (SSSR count). The van der Waals surface area contributed by atoms with E-state index in [1.165, 1.54) is 18.2 Å². The fourth-order valence-electron chi connectivity index (χ4n) is 2.67. The average Bonchev–Trinajstić information content (AvgIpc) is 2.93. The highest BCUT2D eigenvalue weighted by molar-refractivity contribution is 6.03. The molecule has 6 heteroatoms. The maximum atomic E-state index is 13.3. The van der Waals surface area contributed by atoms with E-state index in [9.17, 15) is 9.18 Å². The number of halogens is 1. The predicted molar refractivity (Wildman–Crippen MR) is 95.8 cm³/mol. The largest absolute Gasteiger partial charge is 0.489 e. The van der Waals surface area contributed by atoms with Crippen molar-refractivity contribution in [2.24, 2.45) is 0 Å². The van der Waals surface area contributed by atoms with E-state index in [1.807, 2.05) is 26.0 Å². The molecule has 1 N–H and O–H groups in total. The van der Waals surface area contributed by atoms with Gasteiger partial charge >= 0.3 is 0 Å². The van der Waals surface area contributed by atoms with Gasteiger partial charge in [-0.1, -0.05) is 17.3 Å². The smallest absolute Gasteiger partial charge is 0.278 e. The van der Waals surface area contributed by atoms with Gasteiger partial charge in [0.05, 0.1) is 5.56 Å². The van der Waals surface area contributed by atoms with Gasteiger partial charge in [0.25, 0.3) is 5.91 Å². The second-order valence-corrected chi connectivity index (χ2v) is 6.14. The first-order valence-corrected chi connectivity index (χ1v) is 8.15. The van der Waals surface area contributed by atoms with Gasteiger partial charge in [0, 0.05) is 5.69 Å². The van der Waals surface area contributed by atoms with Crippen molar-refractivity contribution in [1.29, 1.82) is 0 Å². The van der Waals surface area contributed by atoms with Crippen molar-refractivity contribution in [2.45, 2.75) is 27.4 Å². The topological polar surface area (TPSA) is 64.4 Å². The number of anilines is 1. The molecule has 5 nitrogen and oxygen atoms in total. The molecule has 3 aromatic rings. The standard InChI is InChI=1S/C20H19FN2O3/c1-12-7-13(2)9-17(8-12)25-11-18-14(3)26-23-19(18)20(24)22-16-6-4-5-15(21)10-16/h4-10H,11H2,1-3H3,(H,22,24). The summed E-state index contributed by atoms with van der Waals surface area (Å²) in [5.41, 5.74) is 3.20. The fraction of sp³-hybridized carbons (Fsp3) is 0.200. The number of hydrogen-bond acceptors (Lipinski definition) is 4. The predicted octanol–water partition coefficient (Wildman–Crippen LogP) is 4.57. The number of aryl methyl sites for hydroxylation is 3. The number of ether oxygens (including phenoxy) is 1. The van der Waals surface area contributed by atoms with E-state index in [2.05, 4.69) is 16.5 Å². The van der Waals surface area contributed by atoms with Gasteiger partial charge in [-0.05, 0) is 62.2 Å². The summed E-state index contributed by atoms with van der Waals surface area (Å²) in [6, 6.07) is 11.5. The van der Waals surface area contributed by atoms with E-state index >= 15 is 0 Å². The highest BCUT2D eigenvalue weighted by Crippen LogP contribution is 2.21. The Bertz CT molecular complexity index is 930. The van der Waals surface area contributed by atoms with E-state index in [0.29, 0.717) is 22.8 Å². The Kier molecular flexibility index (Phi) is 5.02. The molecule has 0 fully saturated rings. The quantitative estimate of drug-likeness (QED) is 0.729. The van der Waals surface area contributed by atoms with E-state index in [0.717, 1.165) is 11.1 Å². The average molecular weight is 354 g/mol. The molecule has 134 valence electrons. The maximum Gasteiger partial charge on any atom is 0.278 e. The summed E-state index contributed by atoms with van der Waals surface area (Å²) in [7, 11) is 0. The molecule has 1 heterocycles. The zero-order valence-electron chi connectivity index (χ0n) is 14.8. The number of amides is 1. The Morgan fingerprint density at radius 1 is 1.15 bits per heavy atom. The van der Waals surface area contributed by atoms with Crippen LogP contribution in [0.4, 0.5) is 10.1 Å². The lowest BCUT2D eigenvalue weighted by Gasteiger charge is -2.09. The van der Waals surface area contributed by atoms with Crippen LogP contribution in [0.3, 0.4) is 0 Å². The van der Waals surface area contributed by atoms with Crippen LogP contribution < -0.4 is 10.1 Å². The minimum absolute atomic E-state index is 0.121. The van der Waals surface area contributed by atoms with Gasteiger partial charge in [-0.25, -0.2) is 4.39 Å². The first kappa shape index (κ1) is 17.7. The fourth-order valence-corrected chi connectivity index (χ4v) is 2.67. The summed E-state index contributed by atoms with van der Waals surface area (Å²) < 4.78 is 24.2. The Labute approximate surface area is 150 Å². The Hall–Kier alpha value is -3.15. The molecule has 0 aliphatic rings. The molecule has 0 radical (unpaired) electrons. The summed E-state index contributed by atoms with van der Waals surface area (Å²) in [4.78, 5) is 12.5. The van der Waals surface area contributed by atoms with Crippen molar-refractivity contribution in [3.63, 3.8) is 0 Å². The first-order valence-electron chi connectivity index (χ1n) is 8.15. The number of nitrogens with zero attached hydrogens (tertiary/aromatic N) is 1. The minimum Gasteiger partial charge on any atom is -0.489 e. The van der Waals surface area contributed by atoms with Crippen molar-refractivity contribution >= 4 is 11.6 Å². The number of benzene rings is 2. The van der Waals surface area contributed by atoms with E-state index in [-0.39, 0.29) is 12.3 Å². The Balaban J connectivity index is 1.76. The number of nitrogens with one attached hydrogen (secondary N) is 1. The third kappa shape index (κ3) is 4.08. The van der Waals surface area contributed by atoms with Gasteiger partial charge in [-0.3, -0.25) is 4.79 Å². The maximum absolute atomic E-state index is 13.3. The Morgan fingerprint density at radius 3 is 2.58 bits per heavy atom. The number of hydrogen-bond donors (Lipinski definition) is 1.